The molecule has 0 radical (unpaired) electrons. The summed E-state index contributed by atoms with van der Waals surface area (Å²) in [5, 5.41) is 12.0. The third-order valence-corrected chi connectivity index (χ3v) is 3.64. The molecule has 6 nitrogen and oxygen atoms in total. The van der Waals surface area contributed by atoms with Gasteiger partial charge in [0.05, 0.1) is 6.42 Å². The summed E-state index contributed by atoms with van der Waals surface area (Å²) in [5.41, 5.74) is 0. The average Bonchev–Trinajstić information content (AvgIpc) is 2.76. The molecule has 0 saturated carbocycles. The molecule has 2 heterocycles. The Labute approximate surface area is 106 Å². The Morgan fingerprint density at radius 1 is 1.65 bits per heavy atom. The predicted octanol–water partition coefficient (Wildman–Crippen LogP) is 0.837. The Bertz CT molecular complexity index is 536. The van der Waals surface area contributed by atoms with E-state index in [-0.39, 0.29) is 28.3 Å². The monoisotopic (exact) mass is 270 g/mol. The maximum atomic E-state index is 11.6. The number of nitrogens with one attached hydrogen (secondary N) is 1. The van der Waals surface area contributed by atoms with Crippen LogP contribution in [-0.4, -0.2) is 34.8 Å². The van der Waals surface area contributed by atoms with Crippen LogP contribution < -0.4 is 5.32 Å². The predicted molar refractivity (Wildman–Crippen MR) is 61.6 cm³/mol. The lowest BCUT2D eigenvalue weighted by Crippen LogP contribution is -2.31. The highest BCUT2D eigenvalue weighted by atomic mass is 35.5. The SMILES string of the molecule is CN1C(=O)CC(Nc2nc(Cl)c(C#N)s2)C1=O. The van der Waals surface area contributed by atoms with Crippen LogP contribution in [0, 0.1) is 11.3 Å². The molecule has 2 amide bonds. The average molecular weight is 271 g/mol. The van der Waals surface area contributed by atoms with Gasteiger partial charge >= 0.3 is 0 Å². The van der Waals surface area contributed by atoms with E-state index >= 15 is 0 Å². The zero-order valence-electron chi connectivity index (χ0n) is 8.73. The zero-order chi connectivity index (χ0) is 12.6. The number of rotatable bonds is 2. The normalized spacial score (nSPS) is 19.6. The molecule has 1 aliphatic rings. The van der Waals surface area contributed by atoms with E-state index < -0.39 is 6.04 Å². The van der Waals surface area contributed by atoms with Crippen molar-refractivity contribution in [1.29, 1.82) is 5.26 Å². The Morgan fingerprint density at radius 2 is 2.35 bits per heavy atom. The van der Waals surface area contributed by atoms with E-state index in [1.165, 1.54) is 7.05 Å². The molecule has 1 saturated heterocycles. The first-order valence-electron chi connectivity index (χ1n) is 4.66. The number of nitrogens with zero attached hydrogens (tertiary/aromatic N) is 3. The summed E-state index contributed by atoms with van der Waals surface area (Å²) in [6, 6.07) is 1.27. The Morgan fingerprint density at radius 3 is 2.82 bits per heavy atom. The van der Waals surface area contributed by atoms with Crippen LogP contribution in [0.1, 0.15) is 11.3 Å². The van der Waals surface area contributed by atoms with Gasteiger partial charge in [-0.25, -0.2) is 4.98 Å². The highest BCUT2D eigenvalue weighted by Crippen LogP contribution is 2.27. The van der Waals surface area contributed by atoms with Crippen molar-refractivity contribution in [3.8, 4) is 6.07 Å². The topological polar surface area (TPSA) is 86.1 Å². The van der Waals surface area contributed by atoms with Crippen LogP contribution in [0.4, 0.5) is 5.13 Å². The van der Waals surface area contributed by atoms with Crippen LogP contribution in [0.2, 0.25) is 5.15 Å². The van der Waals surface area contributed by atoms with Crippen LogP contribution in [0.25, 0.3) is 0 Å². The summed E-state index contributed by atoms with van der Waals surface area (Å²) in [7, 11) is 1.43. The molecule has 0 spiro atoms. The fourth-order valence-electron chi connectivity index (χ4n) is 1.45. The molecule has 1 aliphatic heterocycles. The van der Waals surface area contributed by atoms with Crippen molar-refractivity contribution in [1.82, 2.24) is 9.88 Å². The molecule has 1 aromatic rings. The Balaban J connectivity index is 2.15. The second-order valence-electron chi connectivity index (χ2n) is 3.44. The molecule has 0 aromatic carbocycles. The van der Waals surface area contributed by atoms with E-state index in [2.05, 4.69) is 10.3 Å². The molecule has 0 aliphatic carbocycles. The van der Waals surface area contributed by atoms with Crippen molar-refractivity contribution in [3.05, 3.63) is 10.0 Å². The second-order valence-corrected chi connectivity index (χ2v) is 4.80. The van der Waals surface area contributed by atoms with Gasteiger partial charge in [0.15, 0.2) is 10.3 Å². The molecule has 8 heteroatoms. The van der Waals surface area contributed by atoms with Gasteiger partial charge in [-0.2, -0.15) is 5.26 Å². The summed E-state index contributed by atoms with van der Waals surface area (Å²) < 4.78 is 0. The van der Waals surface area contributed by atoms with E-state index in [1.807, 2.05) is 6.07 Å². The van der Waals surface area contributed by atoms with E-state index in [0.717, 1.165) is 16.2 Å². The van der Waals surface area contributed by atoms with Gasteiger partial charge in [0.25, 0.3) is 5.91 Å². The summed E-state index contributed by atoms with van der Waals surface area (Å²) in [6.07, 6.45) is 0.0917. The van der Waals surface area contributed by atoms with Gasteiger partial charge in [-0.3, -0.25) is 14.5 Å². The lowest BCUT2D eigenvalue weighted by Gasteiger charge is -2.09. The van der Waals surface area contributed by atoms with Gasteiger partial charge in [-0.05, 0) is 0 Å². The number of likely N-dealkylation sites (tertiary alicyclic amines) is 1. The van der Waals surface area contributed by atoms with Crippen molar-refractivity contribution in [2.45, 2.75) is 12.5 Å². The quantitative estimate of drug-likeness (QED) is 0.805. The molecule has 1 atom stereocenters. The van der Waals surface area contributed by atoms with Crippen LogP contribution in [0.15, 0.2) is 0 Å². The lowest BCUT2D eigenvalue weighted by molar-refractivity contribution is -0.136. The first-order valence-corrected chi connectivity index (χ1v) is 5.85. The highest BCUT2D eigenvalue weighted by molar-refractivity contribution is 7.16. The Kier molecular flexibility index (Phi) is 3.00. The maximum absolute atomic E-state index is 11.6. The van der Waals surface area contributed by atoms with Gasteiger partial charge in [0.1, 0.15) is 17.0 Å². The van der Waals surface area contributed by atoms with Gasteiger partial charge in [0.2, 0.25) is 5.91 Å². The number of likely N-dealkylation sites (N-methyl/N-ethyl adjacent to an activating group) is 1. The molecule has 2 rings (SSSR count). The minimum atomic E-state index is -0.624. The van der Waals surface area contributed by atoms with Crippen molar-refractivity contribution in [2.24, 2.45) is 0 Å². The number of halogens is 1. The van der Waals surface area contributed by atoms with Crippen LogP contribution >= 0.6 is 22.9 Å². The van der Waals surface area contributed by atoms with Crippen LogP contribution in [0.3, 0.4) is 0 Å². The fraction of sp³-hybridized carbons (Fsp3) is 0.333. The van der Waals surface area contributed by atoms with Crippen molar-refractivity contribution >= 4 is 39.9 Å². The van der Waals surface area contributed by atoms with Gasteiger partial charge < -0.3 is 5.32 Å². The minimum Gasteiger partial charge on any atom is -0.349 e. The van der Waals surface area contributed by atoms with Crippen molar-refractivity contribution in [2.75, 3.05) is 12.4 Å². The van der Waals surface area contributed by atoms with E-state index in [9.17, 15) is 9.59 Å². The summed E-state index contributed by atoms with van der Waals surface area (Å²) in [4.78, 5) is 28.1. The highest BCUT2D eigenvalue weighted by Gasteiger charge is 2.36. The van der Waals surface area contributed by atoms with Crippen LogP contribution in [0.5, 0.6) is 0 Å². The molecule has 0 bridgehead atoms. The first-order chi connectivity index (χ1) is 8.02. The van der Waals surface area contributed by atoms with Crippen molar-refractivity contribution < 1.29 is 9.59 Å². The number of anilines is 1. The third kappa shape index (κ3) is 2.09. The standard InChI is InChI=1S/C9H7ClN4O2S/c1-14-6(15)2-4(8(14)16)12-9-13-7(10)5(3-11)17-9/h4H,2H2,1H3,(H,12,13). The molecule has 1 fully saturated rings. The smallest absolute Gasteiger partial charge is 0.251 e. The molecule has 1 unspecified atom stereocenters. The fourth-order valence-corrected chi connectivity index (χ4v) is 2.45. The number of amides is 2. The van der Waals surface area contributed by atoms with Crippen LogP contribution in [-0.2, 0) is 9.59 Å². The summed E-state index contributed by atoms with van der Waals surface area (Å²) >= 11 is 6.75. The molecule has 17 heavy (non-hydrogen) atoms. The summed E-state index contributed by atoms with van der Waals surface area (Å²) in [5.74, 6) is -0.546. The van der Waals surface area contributed by atoms with Gasteiger partial charge in [0, 0.05) is 7.05 Å². The third-order valence-electron chi connectivity index (χ3n) is 2.37. The molecule has 1 N–H and O–H groups in total. The number of imide groups is 1. The maximum Gasteiger partial charge on any atom is 0.251 e. The molecule has 88 valence electrons. The zero-order valence-corrected chi connectivity index (χ0v) is 10.3. The number of aromatic nitrogens is 1. The number of carbonyl (C=O) groups is 2. The van der Waals surface area contributed by atoms with Crippen molar-refractivity contribution in [3.63, 3.8) is 0 Å². The molecular formula is C9H7ClN4O2S. The molecular weight excluding hydrogens is 264 g/mol. The number of hydrogen-bond acceptors (Lipinski definition) is 6. The van der Waals surface area contributed by atoms with E-state index in [1.54, 1.807) is 0 Å². The summed E-state index contributed by atoms with van der Waals surface area (Å²) in [6.45, 7) is 0. The number of thiazole rings is 1. The van der Waals surface area contributed by atoms with Gasteiger partial charge in [-0.1, -0.05) is 22.9 Å². The minimum absolute atomic E-state index is 0.0917. The lowest BCUT2D eigenvalue weighted by atomic mass is 10.2. The Hall–Kier alpha value is -1.65. The van der Waals surface area contributed by atoms with E-state index in [4.69, 9.17) is 16.9 Å². The largest absolute Gasteiger partial charge is 0.349 e. The number of carbonyl (C=O) groups excluding carboxylic acids is 2. The second kappa shape index (κ2) is 4.31. The number of hydrogen-bond donors (Lipinski definition) is 1. The number of nitriles is 1. The van der Waals surface area contributed by atoms with E-state index in [0.29, 0.717) is 5.13 Å². The first kappa shape index (κ1) is 11.8. The van der Waals surface area contributed by atoms with Gasteiger partial charge in [-0.15, -0.1) is 0 Å². The molecule has 1 aromatic heterocycles.